The van der Waals surface area contributed by atoms with E-state index >= 15 is 0 Å². The zero-order valence-corrected chi connectivity index (χ0v) is 17.3. The Bertz CT molecular complexity index is 972. The molecule has 0 aliphatic carbocycles. The number of piperazine rings is 1. The summed E-state index contributed by atoms with van der Waals surface area (Å²) in [7, 11) is 0. The number of hydrogen-bond acceptors (Lipinski definition) is 2. The lowest BCUT2D eigenvalue weighted by Gasteiger charge is -2.41. The standard InChI is InChI=1S/C25H25ClN2O/c1-19(29)28-16-15-27(18-25(28)22-7-3-2-4-8-22)17-20-11-13-21(14-12-20)23-9-5-6-10-24(23)26/h2-14,25H,15-18H2,1H3. The number of nitrogens with zero attached hydrogens (tertiary/aromatic N) is 2. The SMILES string of the molecule is CC(=O)N1CCN(Cc2ccc(-c3ccccc3Cl)cc2)CC1c1ccccc1. The van der Waals surface area contributed by atoms with Crippen molar-refractivity contribution in [2.24, 2.45) is 0 Å². The van der Waals surface area contributed by atoms with Crippen LogP contribution in [0, 0.1) is 0 Å². The van der Waals surface area contributed by atoms with Crippen LogP contribution in [0.2, 0.25) is 5.02 Å². The van der Waals surface area contributed by atoms with Crippen molar-refractivity contribution in [2.45, 2.75) is 19.5 Å². The molecule has 0 bridgehead atoms. The molecule has 1 saturated heterocycles. The highest BCUT2D eigenvalue weighted by atomic mass is 35.5. The molecule has 1 fully saturated rings. The number of carbonyl (C=O) groups excluding carboxylic acids is 1. The van der Waals surface area contributed by atoms with E-state index in [-0.39, 0.29) is 11.9 Å². The van der Waals surface area contributed by atoms with Crippen LogP contribution in [0.5, 0.6) is 0 Å². The second-order valence-corrected chi connectivity index (χ2v) is 7.96. The molecule has 4 rings (SSSR count). The molecule has 1 unspecified atom stereocenters. The van der Waals surface area contributed by atoms with Crippen molar-refractivity contribution >= 4 is 17.5 Å². The molecule has 3 aromatic rings. The molecule has 29 heavy (non-hydrogen) atoms. The summed E-state index contributed by atoms with van der Waals surface area (Å²) < 4.78 is 0. The molecule has 4 heteroatoms. The Morgan fingerprint density at radius 1 is 0.931 bits per heavy atom. The van der Waals surface area contributed by atoms with Crippen molar-refractivity contribution < 1.29 is 4.79 Å². The largest absolute Gasteiger partial charge is 0.333 e. The maximum atomic E-state index is 12.1. The van der Waals surface area contributed by atoms with E-state index in [9.17, 15) is 4.79 Å². The highest BCUT2D eigenvalue weighted by Crippen LogP contribution is 2.29. The zero-order valence-electron chi connectivity index (χ0n) is 16.6. The highest BCUT2D eigenvalue weighted by Gasteiger charge is 2.29. The second-order valence-electron chi connectivity index (χ2n) is 7.55. The molecule has 3 aromatic carbocycles. The first kappa shape index (κ1) is 19.7. The van der Waals surface area contributed by atoms with Gasteiger partial charge in [-0.05, 0) is 22.8 Å². The van der Waals surface area contributed by atoms with Crippen LogP contribution in [0.15, 0.2) is 78.9 Å². The molecule has 148 valence electrons. The summed E-state index contributed by atoms with van der Waals surface area (Å²) in [6, 6.07) is 27.0. The van der Waals surface area contributed by atoms with Gasteiger partial charge in [-0.2, -0.15) is 0 Å². The van der Waals surface area contributed by atoms with E-state index in [1.807, 2.05) is 47.4 Å². The van der Waals surface area contributed by atoms with Gasteiger partial charge in [-0.15, -0.1) is 0 Å². The average molecular weight is 405 g/mol. The fraction of sp³-hybridized carbons (Fsp3) is 0.240. The molecule has 1 aliphatic heterocycles. The summed E-state index contributed by atoms with van der Waals surface area (Å²) in [6.07, 6.45) is 0. The zero-order chi connectivity index (χ0) is 20.2. The van der Waals surface area contributed by atoms with Gasteiger partial charge in [0.1, 0.15) is 0 Å². The minimum atomic E-state index is 0.102. The highest BCUT2D eigenvalue weighted by molar-refractivity contribution is 6.33. The first-order chi connectivity index (χ1) is 14.1. The van der Waals surface area contributed by atoms with Crippen molar-refractivity contribution in [2.75, 3.05) is 19.6 Å². The summed E-state index contributed by atoms with van der Waals surface area (Å²) in [4.78, 5) is 16.6. The van der Waals surface area contributed by atoms with Crippen LogP contribution in [-0.4, -0.2) is 35.3 Å². The lowest BCUT2D eigenvalue weighted by atomic mass is 10.0. The van der Waals surface area contributed by atoms with Crippen LogP contribution in [-0.2, 0) is 11.3 Å². The maximum Gasteiger partial charge on any atom is 0.220 e. The van der Waals surface area contributed by atoms with Crippen LogP contribution in [0.1, 0.15) is 24.1 Å². The summed E-state index contributed by atoms with van der Waals surface area (Å²) in [5.74, 6) is 0.141. The van der Waals surface area contributed by atoms with E-state index in [0.29, 0.717) is 0 Å². The summed E-state index contributed by atoms with van der Waals surface area (Å²) >= 11 is 6.33. The van der Waals surface area contributed by atoms with E-state index in [2.05, 4.69) is 41.3 Å². The molecule has 0 aromatic heterocycles. The molecule has 1 atom stereocenters. The number of benzene rings is 3. The number of carbonyl (C=O) groups is 1. The van der Waals surface area contributed by atoms with Gasteiger partial charge in [-0.1, -0.05) is 84.4 Å². The third-order valence-corrected chi connectivity index (χ3v) is 5.93. The minimum absolute atomic E-state index is 0.102. The molecule has 0 N–H and O–H groups in total. The molecule has 1 amide bonds. The normalized spacial score (nSPS) is 17.3. The Hall–Kier alpha value is -2.62. The molecular formula is C25H25ClN2O. The fourth-order valence-electron chi connectivity index (χ4n) is 4.06. The van der Waals surface area contributed by atoms with Gasteiger partial charge < -0.3 is 4.90 Å². The fourth-order valence-corrected chi connectivity index (χ4v) is 4.31. The first-order valence-electron chi connectivity index (χ1n) is 10.00. The lowest BCUT2D eigenvalue weighted by molar-refractivity contribution is -0.134. The Morgan fingerprint density at radius 3 is 2.31 bits per heavy atom. The van der Waals surface area contributed by atoms with Gasteiger partial charge in [0.25, 0.3) is 0 Å². The predicted octanol–water partition coefficient (Wildman–Crippen LogP) is 5.41. The number of amides is 1. The molecule has 1 heterocycles. The quantitative estimate of drug-likeness (QED) is 0.580. The summed E-state index contributed by atoms with van der Waals surface area (Å²) in [6.45, 7) is 5.02. The Kier molecular flexibility index (Phi) is 5.98. The lowest BCUT2D eigenvalue weighted by Crippen LogP contribution is -2.49. The van der Waals surface area contributed by atoms with E-state index in [0.717, 1.165) is 42.3 Å². The van der Waals surface area contributed by atoms with Crippen molar-refractivity contribution in [3.8, 4) is 11.1 Å². The van der Waals surface area contributed by atoms with E-state index in [1.54, 1.807) is 6.92 Å². The predicted molar refractivity (Wildman–Crippen MR) is 119 cm³/mol. The number of rotatable bonds is 4. The van der Waals surface area contributed by atoms with E-state index in [1.165, 1.54) is 11.1 Å². The molecule has 3 nitrogen and oxygen atoms in total. The average Bonchev–Trinajstić information content (AvgIpc) is 2.75. The number of hydrogen-bond donors (Lipinski definition) is 0. The van der Waals surface area contributed by atoms with Gasteiger partial charge in [0, 0.05) is 43.7 Å². The van der Waals surface area contributed by atoms with Crippen LogP contribution >= 0.6 is 11.6 Å². The van der Waals surface area contributed by atoms with Gasteiger partial charge in [0.2, 0.25) is 5.91 Å². The van der Waals surface area contributed by atoms with Gasteiger partial charge in [-0.25, -0.2) is 0 Å². The third-order valence-electron chi connectivity index (χ3n) is 5.60. The van der Waals surface area contributed by atoms with Crippen molar-refractivity contribution in [1.82, 2.24) is 9.80 Å². The smallest absolute Gasteiger partial charge is 0.220 e. The van der Waals surface area contributed by atoms with E-state index in [4.69, 9.17) is 11.6 Å². The maximum absolute atomic E-state index is 12.1. The molecule has 0 radical (unpaired) electrons. The molecule has 1 aliphatic rings. The van der Waals surface area contributed by atoms with Crippen LogP contribution in [0.4, 0.5) is 0 Å². The van der Waals surface area contributed by atoms with Gasteiger partial charge in [0.15, 0.2) is 0 Å². The van der Waals surface area contributed by atoms with Gasteiger partial charge in [0.05, 0.1) is 6.04 Å². The Balaban J connectivity index is 1.48. The van der Waals surface area contributed by atoms with E-state index < -0.39 is 0 Å². The van der Waals surface area contributed by atoms with Crippen LogP contribution in [0.3, 0.4) is 0 Å². The molecular weight excluding hydrogens is 380 g/mol. The molecule has 0 saturated carbocycles. The first-order valence-corrected chi connectivity index (χ1v) is 10.4. The summed E-state index contributed by atoms with van der Waals surface area (Å²) in [5.41, 5.74) is 4.65. The molecule has 0 spiro atoms. The van der Waals surface area contributed by atoms with Crippen LogP contribution < -0.4 is 0 Å². The Labute approximate surface area is 177 Å². The van der Waals surface area contributed by atoms with Crippen molar-refractivity contribution in [1.29, 1.82) is 0 Å². The monoisotopic (exact) mass is 404 g/mol. The Morgan fingerprint density at radius 2 is 1.62 bits per heavy atom. The minimum Gasteiger partial charge on any atom is -0.333 e. The van der Waals surface area contributed by atoms with Crippen molar-refractivity contribution in [3.05, 3.63) is 95.0 Å². The van der Waals surface area contributed by atoms with Crippen molar-refractivity contribution in [3.63, 3.8) is 0 Å². The topological polar surface area (TPSA) is 23.6 Å². The van der Waals surface area contributed by atoms with Crippen LogP contribution in [0.25, 0.3) is 11.1 Å². The number of halogens is 1. The van der Waals surface area contributed by atoms with Gasteiger partial charge >= 0.3 is 0 Å². The summed E-state index contributed by atoms with van der Waals surface area (Å²) in [5, 5.41) is 0.770. The third kappa shape index (κ3) is 4.52. The van der Waals surface area contributed by atoms with Gasteiger partial charge in [-0.3, -0.25) is 9.69 Å². The second kappa shape index (κ2) is 8.81.